The average Bonchev–Trinajstić information content (AvgIpc) is 3.51. The van der Waals surface area contributed by atoms with E-state index >= 15 is 0 Å². The zero-order valence-corrected chi connectivity index (χ0v) is 20.8. The summed E-state index contributed by atoms with van der Waals surface area (Å²) < 4.78 is 6.92. The molecule has 1 fully saturated rings. The third-order valence-electron chi connectivity index (χ3n) is 6.84. The van der Waals surface area contributed by atoms with Gasteiger partial charge in [-0.1, -0.05) is 42.5 Å². The number of carbonyl (C=O) groups is 2. The Kier molecular flexibility index (Phi) is 6.32. The largest absolute Gasteiger partial charge is 0.494 e. The Balaban J connectivity index is 1.43. The molecule has 37 heavy (non-hydrogen) atoms. The number of ether oxygens (including phenoxy) is 1. The van der Waals surface area contributed by atoms with Gasteiger partial charge in [0.05, 0.1) is 25.3 Å². The number of rotatable bonds is 6. The molecule has 1 aliphatic rings. The molecule has 2 atom stereocenters. The molecule has 1 saturated heterocycles. The van der Waals surface area contributed by atoms with Gasteiger partial charge in [-0.05, 0) is 37.1 Å². The molecule has 186 valence electrons. The van der Waals surface area contributed by atoms with Crippen molar-refractivity contribution in [3.63, 3.8) is 0 Å². The second-order valence-corrected chi connectivity index (χ2v) is 9.11. The van der Waals surface area contributed by atoms with Crippen LogP contribution in [0.25, 0.3) is 16.7 Å². The predicted molar refractivity (Wildman–Crippen MR) is 138 cm³/mol. The molecule has 0 aliphatic carbocycles. The first kappa shape index (κ1) is 24.0. The van der Waals surface area contributed by atoms with E-state index in [0.29, 0.717) is 23.6 Å². The maximum Gasteiger partial charge on any atom is 0.230 e. The second-order valence-electron chi connectivity index (χ2n) is 9.11. The van der Waals surface area contributed by atoms with Gasteiger partial charge < -0.3 is 15.0 Å². The lowest BCUT2D eigenvalue weighted by atomic mass is 10.1. The number of anilines is 1. The van der Waals surface area contributed by atoms with Gasteiger partial charge in [0.2, 0.25) is 11.8 Å². The standard InChI is InChI=1S/C28H26N6O3/c1-17-12-24(31-26-22(17)10-7-11-23(26)37-3)34-27(21(14-29)15-30-34)32-28(36)20-13-25(35)33(16-20)18(2)19-8-5-4-6-9-19/h4-12,15,18,20H,13,16H2,1-3H3,(H,32,36). The quantitative estimate of drug-likeness (QED) is 0.431. The highest BCUT2D eigenvalue weighted by molar-refractivity contribution is 5.98. The van der Waals surface area contributed by atoms with E-state index in [0.717, 1.165) is 16.5 Å². The molecule has 2 unspecified atom stereocenters. The summed E-state index contributed by atoms with van der Waals surface area (Å²) in [4.78, 5) is 32.6. The highest BCUT2D eigenvalue weighted by atomic mass is 16.5. The number of hydrogen-bond acceptors (Lipinski definition) is 6. The molecule has 2 amide bonds. The van der Waals surface area contributed by atoms with E-state index < -0.39 is 5.92 Å². The number of likely N-dealkylation sites (tertiary alicyclic amines) is 1. The van der Waals surface area contributed by atoms with Crippen molar-refractivity contribution < 1.29 is 14.3 Å². The third-order valence-corrected chi connectivity index (χ3v) is 6.84. The summed E-state index contributed by atoms with van der Waals surface area (Å²) in [5.41, 5.74) is 2.80. The van der Waals surface area contributed by atoms with Crippen LogP contribution in [0.15, 0.2) is 60.8 Å². The fourth-order valence-corrected chi connectivity index (χ4v) is 4.78. The first-order valence-electron chi connectivity index (χ1n) is 12.0. The van der Waals surface area contributed by atoms with Crippen LogP contribution < -0.4 is 10.1 Å². The summed E-state index contributed by atoms with van der Waals surface area (Å²) in [6.45, 7) is 4.20. The lowest BCUT2D eigenvalue weighted by Gasteiger charge is -2.25. The number of amides is 2. The van der Waals surface area contributed by atoms with Gasteiger partial charge in [0.1, 0.15) is 22.9 Å². The van der Waals surface area contributed by atoms with Crippen LogP contribution in [0.4, 0.5) is 5.82 Å². The van der Waals surface area contributed by atoms with Crippen LogP contribution in [0.1, 0.15) is 36.1 Å². The molecule has 1 N–H and O–H groups in total. The number of para-hydroxylation sites is 1. The lowest BCUT2D eigenvalue weighted by molar-refractivity contribution is -0.129. The smallest absolute Gasteiger partial charge is 0.230 e. The molecule has 0 bridgehead atoms. The normalized spacial score (nSPS) is 16.0. The highest BCUT2D eigenvalue weighted by Gasteiger charge is 2.37. The number of nitrogens with one attached hydrogen (secondary N) is 1. The van der Waals surface area contributed by atoms with Crippen molar-refractivity contribution in [3.05, 3.63) is 77.5 Å². The Bertz CT molecular complexity index is 1540. The summed E-state index contributed by atoms with van der Waals surface area (Å²) >= 11 is 0. The van der Waals surface area contributed by atoms with Gasteiger partial charge in [-0.25, -0.2) is 4.98 Å². The van der Waals surface area contributed by atoms with Crippen LogP contribution in [-0.4, -0.2) is 45.1 Å². The number of nitrogens with zero attached hydrogens (tertiary/aromatic N) is 5. The summed E-state index contributed by atoms with van der Waals surface area (Å²) in [6.07, 6.45) is 1.49. The van der Waals surface area contributed by atoms with Gasteiger partial charge in [-0.2, -0.15) is 15.0 Å². The van der Waals surface area contributed by atoms with Gasteiger partial charge in [0.25, 0.3) is 0 Å². The maximum atomic E-state index is 13.3. The van der Waals surface area contributed by atoms with Crippen LogP contribution in [0.5, 0.6) is 5.75 Å². The minimum absolute atomic E-state index is 0.0792. The Labute approximate surface area is 214 Å². The number of aryl methyl sites for hydroxylation is 1. The summed E-state index contributed by atoms with van der Waals surface area (Å²) in [5, 5.41) is 17.8. The van der Waals surface area contributed by atoms with Gasteiger partial charge in [-0.15, -0.1) is 0 Å². The minimum atomic E-state index is -0.556. The molecule has 2 aromatic carbocycles. The molecule has 0 spiro atoms. The van der Waals surface area contributed by atoms with Crippen molar-refractivity contribution in [2.24, 2.45) is 5.92 Å². The molecule has 9 nitrogen and oxygen atoms in total. The van der Waals surface area contributed by atoms with E-state index in [1.807, 2.05) is 68.4 Å². The molecule has 2 aromatic heterocycles. The summed E-state index contributed by atoms with van der Waals surface area (Å²) in [5.74, 6) is 0.287. The van der Waals surface area contributed by atoms with Crippen molar-refractivity contribution in [1.82, 2.24) is 19.7 Å². The Morgan fingerprint density at radius 2 is 2.00 bits per heavy atom. The minimum Gasteiger partial charge on any atom is -0.494 e. The SMILES string of the molecule is COc1cccc2c(C)cc(-n3ncc(C#N)c3NC(=O)C3CC(=O)N(C(C)c4ccccc4)C3)nc12. The lowest BCUT2D eigenvalue weighted by Crippen LogP contribution is -2.31. The average molecular weight is 495 g/mol. The van der Waals surface area contributed by atoms with Gasteiger partial charge in [0, 0.05) is 18.4 Å². The molecule has 0 radical (unpaired) electrons. The van der Waals surface area contributed by atoms with Crippen molar-refractivity contribution in [3.8, 4) is 17.6 Å². The zero-order chi connectivity index (χ0) is 26.1. The molecule has 3 heterocycles. The number of methoxy groups -OCH3 is 1. The van der Waals surface area contributed by atoms with E-state index in [2.05, 4.69) is 16.5 Å². The third kappa shape index (κ3) is 4.38. The summed E-state index contributed by atoms with van der Waals surface area (Å²) in [6, 6.07) is 19.2. The first-order valence-corrected chi connectivity index (χ1v) is 12.0. The van der Waals surface area contributed by atoms with Crippen molar-refractivity contribution in [2.45, 2.75) is 26.3 Å². The number of aromatic nitrogens is 3. The van der Waals surface area contributed by atoms with E-state index in [1.165, 1.54) is 10.9 Å². The number of pyridine rings is 1. The summed E-state index contributed by atoms with van der Waals surface area (Å²) in [7, 11) is 1.58. The Morgan fingerprint density at radius 1 is 1.22 bits per heavy atom. The Hall–Kier alpha value is -4.71. The monoisotopic (exact) mass is 494 g/mol. The van der Waals surface area contributed by atoms with Crippen molar-refractivity contribution in [2.75, 3.05) is 19.0 Å². The molecular weight excluding hydrogens is 468 g/mol. The molecule has 4 aromatic rings. The molecule has 5 rings (SSSR count). The topological polar surface area (TPSA) is 113 Å². The van der Waals surface area contributed by atoms with Crippen LogP contribution in [-0.2, 0) is 9.59 Å². The second kappa shape index (κ2) is 9.74. The molecule has 9 heteroatoms. The van der Waals surface area contributed by atoms with Crippen LogP contribution in [0.2, 0.25) is 0 Å². The number of carbonyl (C=O) groups excluding carboxylic acids is 2. The number of fused-ring (bicyclic) bond motifs is 1. The van der Waals surface area contributed by atoms with E-state index in [9.17, 15) is 14.9 Å². The van der Waals surface area contributed by atoms with Crippen LogP contribution >= 0.6 is 0 Å². The van der Waals surface area contributed by atoms with Crippen molar-refractivity contribution in [1.29, 1.82) is 5.26 Å². The van der Waals surface area contributed by atoms with E-state index in [4.69, 9.17) is 9.72 Å². The fraction of sp³-hybridized carbons (Fsp3) is 0.250. The zero-order valence-electron chi connectivity index (χ0n) is 20.8. The number of hydrogen-bond donors (Lipinski definition) is 1. The van der Waals surface area contributed by atoms with Gasteiger partial charge in [-0.3, -0.25) is 9.59 Å². The molecule has 0 saturated carbocycles. The first-order chi connectivity index (χ1) is 17.9. The van der Waals surface area contributed by atoms with Crippen LogP contribution in [0, 0.1) is 24.2 Å². The van der Waals surface area contributed by atoms with Crippen molar-refractivity contribution >= 4 is 28.5 Å². The van der Waals surface area contributed by atoms with Crippen LogP contribution in [0.3, 0.4) is 0 Å². The molecular formula is C28H26N6O3. The van der Waals surface area contributed by atoms with E-state index in [-0.39, 0.29) is 35.7 Å². The fourth-order valence-electron chi connectivity index (χ4n) is 4.78. The predicted octanol–water partition coefficient (Wildman–Crippen LogP) is 4.16. The number of benzene rings is 2. The maximum absolute atomic E-state index is 13.3. The van der Waals surface area contributed by atoms with Gasteiger partial charge >= 0.3 is 0 Å². The number of nitriles is 1. The van der Waals surface area contributed by atoms with E-state index in [1.54, 1.807) is 12.0 Å². The Morgan fingerprint density at radius 3 is 2.73 bits per heavy atom. The highest BCUT2D eigenvalue weighted by Crippen LogP contribution is 2.31. The molecule has 1 aliphatic heterocycles. The van der Waals surface area contributed by atoms with Gasteiger partial charge in [0.15, 0.2) is 11.6 Å².